The number of benzene rings is 1. The summed E-state index contributed by atoms with van der Waals surface area (Å²) in [5.41, 5.74) is 0.526. The van der Waals surface area contributed by atoms with Crippen LogP contribution in [0, 0.1) is 0 Å². The van der Waals surface area contributed by atoms with Gasteiger partial charge in [-0.3, -0.25) is 9.59 Å². The minimum absolute atomic E-state index is 0.0996. The standard InChI is InChI=1S/C15H15N3O5S2/c1-3-4-9-7-11(16-23-9)14(19)17-25(21,22)10-5-6-12-13(8-10)24-15(20)18(12)2/h5-8H,3-4H2,1-2H3,(H,17,19). The number of sulfonamides is 1. The lowest BCUT2D eigenvalue weighted by Crippen LogP contribution is -2.30. The zero-order valence-electron chi connectivity index (χ0n) is 13.5. The number of aryl methyl sites for hydroxylation is 2. The van der Waals surface area contributed by atoms with Crippen molar-refractivity contribution >= 4 is 37.5 Å². The molecule has 0 saturated heterocycles. The van der Waals surface area contributed by atoms with E-state index < -0.39 is 15.9 Å². The zero-order chi connectivity index (χ0) is 18.2. The molecule has 0 unspecified atom stereocenters. The molecule has 3 aromatic rings. The third-order valence-electron chi connectivity index (χ3n) is 3.59. The van der Waals surface area contributed by atoms with Crippen molar-refractivity contribution in [1.82, 2.24) is 14.4 Å². The first-order valence-corrected chi connectivity index (χ1v) is 9.74. The van der Waals surface area contributed by atoms with E-state index in [2.05, 4.69) is 5.16 Å². The Hall–Kier alpha value is -2.46. The van der Waals surface area contributed by atoms with Gasteiger partial charge in [-0.1, -0.05) is 23.4 Å². The van der Waals surface area contributed by atoms with E-state index in [1.54, 1.807) is 7.05 Å². The zero-order valence-corrected chi connectivity index (χ0v) is 15.1. The van der Waals surface area contributed by atoms with Crippen LogP contribution in [0.4, 0.5) is 0 Å². The SMILES string of the molecule is CCCc1cc(C(=O)NS(=O)(=O)c2ccc3c(c2)sc(=O)n3C)no1. The third-order valence-corrected chi connectivity index (χ3v) is 5.91. The summed E-state index contributed by atoms with van der Waals surface area (Å²) in [5.74, 6) is -0.354. The second-order valence-corrected chi connectivity index (χ2v) is 8.10. The van der Waals surface area contributed by atoms with Crippen molar-refractivity contribution in [3.8, 4) is 0 Å². The molecule has 1 aromatic carbocycles. The molecule has 25 heavy (non-hydrogen) atoms. The van der Waals surface area contributed by atoms with Crippen LogP contribution >= 0.6 is 11.3 Å². The Bertz CT molecular complexity index is 1110. The Morgan fingerprint density at radius 3 is 2.84 bits per heavy atom. The molecule has 0 radical (unpaired) electrons. The lowest BCUT2D eigenvalue weighted by atomic mass is 10.2. The molecule has 0 atom stereocenters. The number of carbonyl (C=O) groups excluding carboxylic acids is 1. The molecule has 0 aliphatic heterocycles. The summed E-state index contributed by atoms with van der Waals surface area (Å²) in [4.78, 5) is 23.5. The Labute approximate surface area is 147 Å². The van der Waals surface area contributed by atoms with E-state index in [9.17, 15) is 18.0 Å². The van der Waals surface area contributed by atoms with Crippen LogP contribution < -0.4 is 9.60 Å². The first-order chi connectivity index (χ1) is 11.8. The molecule has 0 bridgehead atoms. The van der Waals surface area contributed by atoms with E-state index in [0.29, 0.717) is 22.4 Å². The van der Waals surface area contributed by atoms with Crippen molar-refractivity contribution in [3.63, 3.8) is 0 Å². The lowest BCUT2D eigenvalue weighted by molar-refractivity contribution is 0.0972. The summed E-state index contributed by atoms with van der Waals surface area (Å²) in [7, 11) is -2.48. The molecule has 3 rings (SSSR count). The van der Waals surface area contributed by atoms with Crippen molar-refractivity contribution in [2.45, 2.75) is 24.7 Å². The maximum atomic E-state index is 12.4. The highest BCUT2D eigenvalue weighted by molar-refractivity contribution is 7.90. The lowest BCUT2D eigenvalue weighted by Gasteiger charge is -2.05. The fourth-order valence-corrected chi connectivity index (χ4v) is 4.28. The minimum atomic E-state index is -4.09. The van der Waals surface area contributed by atoms with E-state index in [1.165, 1.54) is 28.8 Å². The van der Waals surface area contributed by atoms with Crippen LogP contribution in [0.15, 0.2) is 38.5 Å². The van der Waals surface area contributed by atoms with Crippen LogP contribution in [-0.2, 0) is 23.5 Å². The largest absolute Gasteiger partial charge is 0.361 e. The Balaban J connectivity index is 1.88. The summed E-state index contributed by atoms with van der Waals surface area (Å²) in [5, 5.41) is 3.58. The topological polar surface area (TPSA) is 111 Å². The van der Waals surface area contributed by atoms with Gasteiger partial charge in [0, 0.05) is 19.5 Å². The van der Waals surface area contributed by atoms with E-state index in [1.807, 2.05) is 11.6 Å². The summed E-state index contributed by atoms with van der Waals surface area (Å²) in [6, 6.07) is 5.65. The summed E-state index contributed by atoms with van der Waals surface area (Å²) < 4.78 is 33.7. The fourth-order valence-electron chi connectivity index (χ4n) is 2.30. The van der Waals surface area contributed by atoms with Gasteiger partial charge in [0.2, 0.25) is 0 Å². The van der Waals surface area contributed by atoms with Crippen LogP contribution in [0.3, 0.4) is 0 Å². The van der Waals surface area contributed by atoms with Crippen LogP contribution in [0.1, 0.15) is 29.6 Å². The molecule has 0 spiro atoms. The number of nitrogens with one attached hydrogen (secondary N) is 1. The van der Waals surface area contributed by atoms with Crippen LogP contribution in [0.5, 0.6) is 0 Å². The summed E-state index contributed by atoms with van der Waals surface area (Å²) in [6.45, 7) is 1.95. The molecule has 0 aliphatic rings. The van der Waals surface area contributed by atoms with Crippen molar-refractivity contribution in [1.29, 1.82) is 0 Å². The molecular formula is C15H15N3O5S2. The number of hydrogen-bond donors (Lipinski definition) is 1. The van der Waals surface area contributed by atoms with Crippen LogP contribution in [0.2, 0.25) is 0 Å². The van der Waals surface area contributed by atoms with E-state index in [4.69, 9.17) is 4.52 Å². The van der Waals surface area contributed by atoms with Crippen molar-refractivity contribution in [2.24, 2.45) is 7.05 Å². The molecule has 2 heterocycles. The number of carbonyl (C=O) groups is 1. The van der Waals surface area contributed by atoms with Gasteiger partial charge in [-0.15, -0.1) is 0 Å². The van der Waals surface area contributed by atoms with Gasteiger partial charge >= 0.3 is 4.87 Å². The van der Waals surface area contributed by atoms with E-state index >= 15 is 0 Å². The predicted octanol–water partition coefficient (Wildman–Crippen LogP) is 1.66. The third kappa shape index (κ3) is 3.35. The number of amides is 1. The van der Waals surface area contributed by atoms with Gasteiger partial charge in [0.25, 0.3) is 15.9 Å². The molecule has 2 aromatic heterocycles. The maximum absolute atomic E-state index is 12.4. The molecule has 0 aliphatic carbocycles. The Morgan fingerprint density at radius 1 is 1.36 bits per heavy atom. The molecular weight excluding hydrogens is 366 g/mol. The molecule has 1 amide bonds. The van der Waals surface area contributed by atoms with Crippen molar-refractivity contribution < 1.29 is 17.7 Å². The van der Waals surface area contributed by atoms with Gasteiger partial charge in [-0.2, -0.15) is 0 Å². The highest BCUT2D eigenvalue weighted by atomic mass is 32.2. The van der Waals surface area contributed by atoms with Crippen molar-refractivity contribution in [3.05, 3.63) is 45.4 Å². The van der Waals surface area contributed by atoms with Gasteiger partial charge < -0.3 is 9.09 Å². The van der Waals surface area contributed by atoms with Gasteiger partial charge in [-0.05, 0) is 24.6 Å². The molecule has 10 heteroatoms. The van der Waals surface area contributed by atoms with E-state index in [-0.39, 0.29) is 15.5 Å². The van der Waals surface area contributed by atoms with Crippen molar-refractivity contribution in [2.75, 3.05) is 0 Å². The second kappa shape index (κ2) is 6.45. The molecule has 1 N–H and O–H groups in total. The molecule has 132 valence electrons. The Morgan fingerprint density at radius 2 is 2.12 bits per heavy atom. The van der Waals surface area contributed by atoms with Crippen LogP contribution in [0.25, 0.3) is 10.2 Å². The average molecular weight is 381 g/mol. The fraction of sp³-hybridized carbons (Fsp3) is 0.267. The number of nitrogens with zero attached hydrogens (tertiary/aromatic N) is 2. The quantitative estimate of drug-likeness (QED) is 0.719. The van der Waals surface area contributed by atoms with E-state index in [0.717, 1.165) is 17.8 Å². The smallest absolute Gasteiger partial charge is 0.307 e. The predicted molar refractivity (Wildman–Crippen MR) is 92.2 cm³/mol. The van der Waals surface area contributed by atoms with Gasteiger partial charge in [0.1, 0.15) is 5.76 Å². The summed E-state index contributed by atoms with van der Waals surface area (Å²) >= 11 is 0.936. The first kappa shape index (κ1) is 17.4. The summed E-state index contributed by atoms with van der Waals surface area (Å²) in [6.07, 6.45) is 1.42. The first-order valence-electron chi connectivity index (χ1n) is 7.44. The minimum Gasteiger partial charge on any atom is -0.361 e. The van der Waals surface area contributed by atoms with Gasteiger partial charge in [0.15, 0.2) is 5.69 Å². The number of fused-ring (bicyclic) bond motifs is 1. The number of thiazole rings is 1. The molecule has 0 fully saturated rings. The van der Waals surface area contributed by atoms with Gasteiger partial charge in [-0.25, -0.2) is 13.1 Å². The number of rotatable bonds is 5. The number of aromatic nitrogens is 2. The Kier molecular flexibility index (Phi) is 4.48. The highest BCUT2D eigenvalue weighted by Crippen LogP contribution is 2.21. The second-order valence-electron chi connectivity index (χ2n) is 5.42. The average Bonchev–Trinajstić information content (AvgIpc) is 3.13. The molecule has 0 saturated carbocycles. The van der Waals surface area contributed by atoms with Crippen LogP contribution in [-0.4, -0.2) is 24.0 Å². The number of hydrogen-bond acceptors (Lipinski definition) is 7. The highest BCUT2D eigenvalue weighted by Gasteiger charge is 2.22. The monoisotopic (exact) mass is 381 g/mol. The molecule has 8 nitrogen and oxygen atoms in total. The normalized spacial score (nSPS) is 11.8. The van der Waals surface area contributed by atoms with Gasteiger partial charge in [0.05, 0.1) is 15.1 Å². The maximum Gasteiger partial charge on any atom is 0.307 e.